The van der Waals surface area contributed by atoms with Crippen molar-refractivity contribution in [3.63, 3.8) is 0 Å². The van der Waals surface area contributed by atoms with Crippen LogP contribution in [-0.2, 0) is 12.8 Å². The van der Waals surface area contributed by atoms with Gasteiger partial charge in [-0.05, 0) is 91.2 Å². The Bertz CT molecular complexity index is 782. The fourth-order valence-corrected chi connectivity index (χ4v) is 4.94. The topological polar surface area (TPSA) is 23.5 Å². The average molecular weight is 453 g/mol. The van der Waals surface area contributed by atoms with Crippen molar-refractivity contribution in [2.24, 2.45) is 0 Å². The van der Waals surface area contributed by atoms with Crippen LogP contribution in [0.25, 0.3) is 10.8 Å². The van der Waals surface area contributed by atoms with E-state index in [0.717, 1.165) is 41.9 Å². The molecule has 2 nitrogen and oxygen atoms in total. The Morgan fingerprint density at radius 3 is 2.27 bits per heavy atom. The van der Waals surface area contributed by atoms with Crippen LogP contribution in [0.4, 0.5) is 0 Å². The SMILES string of the molecule is CCCCCN(CCCCC)CC(O)c1cc2c(c3ccc(Cl)cc13)CCCC2.Cl. The zero-order valence-corrected chi connectivity index (χ0v) is 20.3. The molecular formula is C26H39Cl2NO. The van der Waals surface area contributed by atoms with E-state index in [1.165, 1.54) is 67.9 Å². The van der Waals surface area contributed by atoms with Gasteiger partial charge in [0.2, 0.25) is 0 Å². The van der Waals surface area contributed by atoms with Gasteiger partial charge < -0.3 is 10.0 Å². The lowest BCUT2D eigenvalue weighted by atomic mass is 9.84. The summed E-state index contributed by atoms with van der Waals surface area (Å²) < 4.78 is 0. The second kappa shape index (κ2) is 12.9. The van der Waals surface area contributed by atoms with Gasteiger partial charge in [-0.1, -0.05) is 63.3 Å². The lowest BCUT2D eigenvalue weighted by molar-refractivity contribution is 0.111. The number of hydrogen-bond acceptors (Lipinski definition) is 2. The number of rotatable bonds is 11. The van der Waals surface area contributed by atoms with Crippen molar-refractivity contribution in [2.75, 3.05) is 19.6 Å². The van der Waals surface area contributed by atoms with Crippen molar-refractivity contribution in [3.05, 3.63) is 46.0 Å². The first kappa shape index (κ1) is 25.5. The van der Waals surface area contributed by atoms with Crippen molar-refractivity contribution in [1.82, 2.24) is 4.90 Å². The van der Waals surface area contributed by atoms with Crippen LogP contribution >= 0.6 is 24.0 Å². The number of aryl methyl sites for hydroxylation is 2. The largest absolute Gasteiger partial charge is 0.387 e. The predicted octanol–water partition coefficient (Wildman–Crippen LogP) is 7.51. The molecule has 0 aromatic heterocycles. The van der Waals surface area contributed by atoms with Gasteiger partial charge in [-0.25, -0.2) is 0 Å². The van der Waals surface area contributed by atoms with Crippen molar-refractivity contribution >= 4 is 34.8 Å². The van der Waals surface area contributed by atoms with Crippen molar-refractivity contribution in [1.29, 1.82) is 0 Å². The molecule has 0 fully saturated rings. The van der Waals surface area contributed by atoms with Crippen molar-refractivity contribution < 1.29 is 5.11 Å². The molecule has 0 amide bonds. The second-order valence-corrected chi connectivity index (χ2v) is 9.17. The molecule has 4 heteroatoms. The number of unbranched alkanes of at least 4 members (excludes halogenated alkanes) is 4. The summed E-state index contributed by atoms with van der Waals surface area (Å²) >= 11 is 6.36. The zero-order chi connectivity index (χ0) is 20.6. The molecule has 0 heterocycles. The predicted molar refractivity (Wildman–Crippen MR) is 133 cm³/mol. The fourth-order valence-electron chi connectivity index (χ4n) is 4.76. The minimum Gasteiger partial charge on any atom is -0.387 e. The smallest absolute Gasteiger partial charge is 0.0923 e. The summed E-state index contributed by atoms with van der Waals surface area (Å²) in [6, 6.07) is 8.51. The average Bonchev–Trinajstić information content (AvgIpc) is 2.73. The highest BCUT2D eigenvalue weighted by atomic mass is 35.5. The summed E-state index contributed by atoms with van der Waals surface area (Å²) in [5, 5.41) is 14.5. The number of nitrogens with zero attached hydrogens (tertiary/aromatic N) is 1. The molecular weight excluding hydrogens is 413 g/mol. The minimum atomic E-state index is -0.466. The zero-order valence-electron chi connectivity index (χ0n) is 18.8. The minimum absolute atomic E-state index is 0. The molecule has 1 N–H and O–H groups in total. The summed E-state index contributed by atoms with van der Waals surface area (Å²) in [6.07, 6.45) is 11.7. The molecule has 1 aliphatic rings. The molecule has 168 valence electrons. The fraction of sp³-hybridized carbons (Fsp3) is 0.615. The van der Waals surface area contributed by atoms with Gasteiger partial charge in [0, 0.05) is 11.6 Å². The van der Waals surface area contributed by atoms with Gasteiger partial charge in [0.1, 0.15) is 0 Å². The van der Waals surface area contributed by atoms with Crippen LogP contribution in [-0.4, -0.2) is 29.6 Å². The van der Waals surface area contributed by atoms with Crippen LogP contribution in [0.1, 0.15) is 88.0 Å². The summed E-state index contributed by atoms with van der Waals surface area (Å²) in [6.45, 7) is 7.38. The van der Waals surface area contributed by atoms with Crippen LogP contribution in [0.3, 0.4) is 0 Å². The third-order valence-corrected chi connectivity index (χ3v) is 6.64. The number of hydrogen-bond donors (Lipinski definition) is 1. The normalized spacial score (nSPS) is 14.6. The number of halogens is 2. The second-order valence-electron chi connectivity index (χ2n) is 8.73. The Kier molecular flexibility index (Phi) is 11.0. The van der Waals surface area contributed by atoms with Crippen LogP contribution in [0.15, 0.2) is 24.3 Å². The summed E-state index contributed by atoms with van der Waals surface area (Å²) in [7, 11) is 0. The maximum atomic E-state index is 11.3. The standard InChI is InChI=1S/C26H38ClNO.ClH/c1-3-5-9-15-28(16-10-6-4-2)19-26(29)25-17-20-11-7-8-12-22(20)23-14-13-21(27)18-24(23)25;/h13-14,17-18,26,29H,3-12,15-16,19H2,1-2H3;1H. The summed E-state index contributed by atoms with van der Waals surface area (Å²) in [4.78, 5) is 2.48. The highest BCUT2D eigenvalue weighted by Crippen LogP contribution is 2.36. The Morgan fingerprint density at radius 1 is 0.933 bits per heavy atom. The highest BCUT2D eigenvalue weighted by Gasteiger charge is 2.21. The molecule has 1 unspecified atom stereocenters. The first-order valence-electron chi connectivity index (χ1n) is 11.8. The van der Waals surface area contributed by atoms with Gasteiger partial charge in [0.15, 0.2) is 0 Å². The highest BCUT2D eigenvalue weighted by molar-refractivity contribution is 6.31. The maximum absolute atomic E-state index is 11.3. The lowest BCUT2D eigenvalue weighted by Gasteiger charge is -2.27. The summed E-state index contributed by atoms with van der Waals surface area (Å²) in [5.41, 5.74) is 3.98. The van der Waals surface area contributed by atoms with E-state index in [-0.39, 0.29) is 12.4 Å². The van der Waals surface area contributed by atoms with Gasteiger partial charge in [-0.2, -0.15) is 0 Å². The van der Waals surface area contributed by atoms with Crippen LogP contribution in [0, 0.1) is 0 Å². The van der Waals surface area contributed by atoms with Gasteiger partial charge in [0.25, 0.3) is 0 Å². The van der Waals surface area contributed by atoms with E-state index in [1.807, 2.05) is 6.07 Å². The Hall–Kier alpha value is -0.800. The molecule has 0 saturated carbocycles. The van der Waals surface area contributed by atoms with E-state index in [9.17, 15) is 5.11 Å². The van der Waals surface area contributed by atoms with E-state index in [0.29, 0.717) is 6.54 Å². The number of aliphatic hydroxyl groups is 1. The molecule has 1 aliphatic carbocycles. The van der Waals surface area contributed by atoms with Gasteiger partial charge >= 0.3 is 0 Å². The molecule has 0 spiro atoms. The monoisotopic (exact) mass is 451 g/mol. The molecule has 0 radical (unpaired) electrons. The van der Waals surface area contributed by atoms with Crippen LogP contribution in [0.2, 0.25) is 5.02 Å². The molecule has 2 aromatic rings. The van der Waals surface area contributed by atoms with Crippen LogP contribution < -0.4 is 0 Å². The van der Waals surface area contributed by atoms with E-state index in [2.05, 4.69) is 36.9 Å². The first-order valence-corrected chi connectivity index (χ1v) is 12.2. The molecule has 3 rings (SSSR count). The molecule has 0 saturated heterocycles. The van der Waals surface area contributed by atoms with Crippen LogP contribution in [0.5, 0.6) is 0 Å². The Morgan fingerprint density at radius 2 is 1.60 bits per heavy atom. The van der Waals surface area contributed by atoms with Crippen molar-refractivity contribution in [2.45, 2.75) is 84.2 Å². The number of aliphatic hydroxyl groups excluding tert-OH is 1. The third-order valence-electron chi connectivity index (χ3n) is 6.40. The molecule has 30 heavy (non-hydrogen) atoms. The molecule has 2 aromatic carbocycles. The Labute approximate surface area is 194 Å². The van der Waals surface area contributed by atoms with Gasteiger partial charge in [0.05, 0.1) is 6.10 Å². The Balaban J connectivity index is 0.00000320. The lowest BCUT2D eigenvalue weighted by Crippen LogP contribution is -2.31. The quantitative estimate of drug-likeness (QED) is 0.357. The summed E-state index contributed by atoms with van der Waals surface area (Å²) in [5.74, 6) is 0. The van der Waals surface area contributed by atoms with E-state index in [4.69, 9.17) is 11.6 Å². The molecule has 0 aliphatic heterocycles. The molecule has 0 bridgehead atoms. The van der Waals surface area contributed by atoms with Crippen molar-refractivity contribution in [3.8, 4) is 0 Å². The molecule has 1 atom stereocenters. The third kappa shape index (κ3) is 6.60. The number of fused-ring (bicyclic) bond motifs is 3. The maximum Gasteiger partial charge on any atom is 0.0923 e. The van der Waals surface area contributed by atoms with E-state index in [1.54, 1.807) is 0 Å². The van der Waals surface area contributed by atoms with E-state index < -0.39 is 6.10 Å². The first-order chi connectivity index (χ1) is 14.1. The van der Waals surface area contributed by atoms with Gasteiger partial charge in [-0.3, -0.25) is 0 Å². The number of benzene rings is 2. The van der Waals surface area contributed by atoms with Gasteiger partial charge in [-0.15, -0.1) is 12.4 Å². The van der Waals surface area contributed by atoms with E-state index >= 15 is 0 Å².